The fraction of sp³-hybridized carbons (Fsp3) is 0.733. The summed E-state index contributed by atoms with van der Waals surface area (Å²) in [7, 11) is 0. The summed E-state index contributed by atoms with van der Waals surface area (Å²) in [6.07, 6.45) is 2.09. The Balaban J connectivity index is 2.35. The molecule has 0 aliphatic rings. The second kappa shape index (κ2) is 7.90. The highest BCUT2D eigenvalue weighted by Crippen LogP contribution is 2.19. The maximum Gasteiger partial charge on any atom is 0.117 e. The Morgan fingerprint density at radius 3 is 2.28 bits per heavy atom. The van der Waals surface area contributed by atoms with E-state index in [2.05, 4.69) is 51.4 Å². The van der Waals surface area contributed by atoms with Crippen molar-refractivity contribution >= 4 is 11.8 Å². The third-order valence-corrected chi connectivity index (χ3v) is 3.97. The molecule has 0 fully saturated rings. The van der Waals surface area contributed by atoms with Crippen molar-refractivity contribution < 1.29 is 4.42 Å². The Morgan fingerprint density at radius 1 is 1.11 bits per heavy atom. The van der Waals surface area contributed by atoms with E-state index in [1.54, 1.807) is 11.8 Å². The zero-order chi connectivity index (χ0) is 13.5. The summed E-state index contributed by atoms with van der Waals surface area (Å²) in [5.74, 6) is 5.25. The molecule has 0 aromatic carbocycles. The van der Waals surface area contributed by atoms with Crippen LogP contribution in [0.3, 0.4) is 0 Å². The number of hydrogen-bond donors (Lipinski definition) is 1. The number of rotatable bonds is 8. The van der Waals surface area contributed by atoms with Crippen molar-refractivity contribution in [2.75, 3.05) is 12.8 Å². The second-order valence-electron chi connectivity index (χ2n) is 5.58. The summed E-state index contributed by atoms with van der Waals surface area (Å²) in [6, 6.07) is 4.16. The van der Waals surface area contributed by atoms with E-state index in [1.807, 2.05) is 0 Å². The molecule has 2 nitrogen and oxygen atoms in total. The third kappa shape index (κ3) is 5.07. The van der Waals surface area contributed by atoms with E-state index in [9.17, 15) is 0 Å². The normalized spacial score (nSPS) is 12.0. The smallest absolute Gasteiger partial charge is 0.117 e. The van der Waals surface area contributed by atoms with Gasteiger partial charge in [-0.3, -0.25) is 0 Å². The van der Waals surface area contributed by atoms with Crippen LogP contribution in [0.5, 0.6) is 0 Å². The molecule has 0 saturated heterocycles. The van der Waals surface area contributed by atoms with Gasteiger partial charge in [-0.25, -0.2) is 0 Å². The van der Waals surface area contributed by atoms with Crippen LogP contribution in [0, 0.1) is 17.8 Å². The molecule has 18 heavy (non-hydrogen) atoms. The molecule has 1 heterocycles. The van der Waals surface area contributed by atoms with E-state index in [0.717, 1.165) is 48.1 Å². The van der Waals surface area contributed by atoms with E-state index < -0.39 is 0 Å². The minimum Gasteiger partial charge on any atom is -0.464 e. The van der Waals surface area contributed by atoms with Crippen LogP contribution in [-0.2, 0) is 12.3 Å². The Hall–Kier alpha value is -0.410. The quantitative estimate of drug-likeness (QED) is 0.767. The van der Waals surface area contributed by atoms with Gasteiger partial charge in [0.1, 0.15) is 11.5 Å². The molecular formula is C15H27NOS. The summed E-state index contributed by atoms with van der Waals surface area (Å²) in [5, 5.41) is 3.52. The number of hydrogen-bond acceptors (Lipinski definition) is 3. The molecule has 0 radical (unpaired) electrons. The zero-order valence-electron chi connectivity index (χ0n) is 12.3. The Kier molecular flexibility index (Phi) is 6.87. The van der Waals surface area contributed by atoms with Crippen molar-refractivity contribution in [3.8, 4) is 0 Å². The number of thioether (sulfide) groups is 1. The molecule has 0 aliphatic heterocycles. The van der Waals surface area contributed by atoms with Crippen LogP contribution in [0.2, 0.25) is 0 Å². The van der Waals surface area contributed by atoms with Crippen LogP contribution in [0.1, 0.15) is 39.2 Å². The van der Waals surface area contributed by atoms with E-state index in [4.69, 9.17) is 4.42 Å². The molecule has 0 aliphatic carbocycles. The third-order valence-electron chi connectivity index (χ3n) is 3.40. The first-order chi connectivity index (χ1) is 8.54. The molecule has 1 N–H and O–H groups in total. The summed E-state index contributed by atoms with van der Waals surface area (Å²) in [6.45, 7) is 11.1. The van der Waals surface area contributed by atoms with Gasteiger partial charge >= 0.3 is 0 Å². The highest BCUT2D eigenvalue weighted by Gasteiger charge is 2.16. The topological polar surface area (TPSA) is 25.2 Å². The standard InChI is InChI=1S/C15H27NOS/c1-11(2)15(12(3)4)9-16-8-13-6-7-14(17-13)10-18-5/h6-7,11-12,15-16H,8-10H2,1-5H3. The van der Waals surface area contributed by atoms with Crippen LogP contribution in [0.15, 0.2) is 16.5 Å². The van der Waals surface area contributed by atoms with Crippen LogP contribution in [0.4, 0.5) is 0 Å². The largest absolute Gasteiger partial charge is 0.464 e. The van der Waals surface area contributed by atoms with Gasteiger partial charge in [0.2, 0.25) is 0 Å². The Labute approximate surface area is 116 Å². The van der Waals surface area contributed by atoms with Gasteiger partial charge in [0.15, 0.2) is 0 Å². The van der Waals surface area contributed by atoms with Crippen molar-refractivity contribution in [1.29, 1.82) is 0 Å². The lowest BCUT2D eigenvalue weighted by Crippen LogP contribution is -2.29. The molecule has 1 rings (SSSR count). The zero-order valence-corrected chi connectivity index (χ0v) is 13.1. The van der Waals surface area contributed by atoms with E-state index in [1.165, 1.54) is 0 Å². The first kappa shape index (κ1) is 15.6. The first-order valence-corrected chi connectivity index (χ1v) is 8.21. The molecule has 0 bridgehead atoms. The number of furan rings is 1. The maximum absolute atomic E-state index is 5.74. The van der Waals surface area contributed by atoms with Gasteiger partial charge in [0.25, 0.3) is 0 Å². The maximum atomic E-state index is 5.74. The first-order valence-electron chi connectivity index (χ1n) is 6.81. The molecule has 0 saturated carbocycles. The molecule has 0 unspecified atom stereocenters. The molecule has 0 spiro atoms. The van der Waals surface area contributed by atoms with Crippen molar-refractivity contribution in [2.24, 2.45) is 17.8 Å². The molecular weight excluding hydrogens is 242 g/mol. The average molecular weight is 269 g/mol. The van der Waals surface area contributed by atoms with Crippen LogP contribution < -0.4 is 5.32 Å². The molecule has 1 aromatic rings. The van der Waals surface area contributed by atoms with Gasteiger partial charge in [-0.15, -0.1) is 0 Å². The predicted octanol–water partition coefficient (Wildman–Crippen LogP) is 4.16. The summed E-state index contributed by atoms with van der Waals surface area (Å²) < 4.78 is 5.74. The molecule has 1 aromatic heterocycles. The van der Waals surface area contributed by atoms with Gasteiger partial charge in [-0.2, -0.15) is 11.8 Å². The monoisotopic (exact) mass is 269 g/mol. The van der Waals surface area contributed by atoms with Crippen LogP contribution >= 0.6 is 11.8 Å². The van der Waals surface area contributed by atoms with Crippen LogP contribution in [0.25, 0.3) is 0 Å². The Morgan fingerprint density at radius 2 is 1.72 bits per heavy atom. The fourth-order valence-corrected chi connectivity index (χ4v) is 2.78. The van der Waals surface area contributed by atoms with Crippen molar-refractivity contribution in [3.05, 3.63) is 23.7 Å². The minimum absolute atomic E-state index is 0.723. The van der Waals surface area contributed by atoms with E-state index >= 15 is 0 Å². The van der Waals surface area contributed by atoms with Gasteiger partial charge in [0.05, 0.1) is 12.3 Å². The molecule has 3 heteroatoms. The van der Waals surface area contributed by atoms with Gasteiger partial charge in [-0.05, 0) is 42.7 Å². The minimum atomic E-state index is 0.723. The summed E-state index contributed by atoms with van der Waals surface area (Å²) in [5.41, 5.74) is 0. The second-order valence-corrected chi connectivity index (χ2v) is 6.45. The molecule has 104 valence electrons. The summed E-state index contributed by atoms with van der Waals surface area (Å²) >= 11 is 1.79. The fourth-order valence-electron chi connectivity index (χ4n) is 2.34. The predicted molar refractivity (Wildman–Crippen MR) is 80.8 cm³/mol. The highest BCUT2D eigenvalue weighted by molar-refractivity contribution is 7.97. The van der Waals surface area contributed by atoms with Crippen LogP contribution in [-0.4, -0.2) is 12.8 Å². The molecule has 0 amide bonds. The SMILES string of the molecule is CSCc1ccc(CNCC(C(C)C)C(C)C)o1. The Bertz CT molecular complexity index is 325. The van der Waals surface area contributed by atoms with Crippen molar-refractivity contribution in [3.63, 3.8) is 0 Å². The lowest BCUT2D eigenvalue weighted by Gasteiger charge is -2.24. The van der Waals surface area contributed by atoms with Gasteiger partial charge < -0.3 is 9.73 Å². The van der Waals surface area contributed by atoms with Crippen molar-refractivity contribution in [2.45, 2.75) is 40.0 Å². The lowest BCUT2D eigenvalue weighted by atomic mass is 9.85. The van der Waals surface area contributed by atoms with Crippen molar-refractivity contribution in [1.82, 2.24) is 5.32 Å². The lowest BCUT2D eigenvalue weighted by molar-refractivity contribution is 0.272. The molecule has 0 atom stereocenters. The number of nitrogens with one attached hydrogen (secondary N) is 1. The van der Waals surface area contributed by atoms with E-state index in [-0.39, 0.29) is 0 Å². The van der Waals surface area contributed by atoms with E-state index in [0.29, 0.717) is 0 Å². The van der Waals surface area contributed by atoms with Gasteiger partial charge in [-0.1, -0.05) is 27.7 Å². The summed E-state index contributed by atoms with van der Waals surface area (Å²) in [4.78, 5) is 0. The highest BCUT2D eigenvalue weighted by atomic mass is 32.2. The average Bonchev–Trinajstić information content (AvgIpc) is 2.71. The van der Waals surface area contributed by atoms with Gasteiger partial charge in [0, 0.05) is 0 Å².